The summed E-state index contributed by atoms with van der Waals surface area (Å²) < 4.78 is 0. The molecule has 0 saturated heterocycles. The third-order valence-electron chi connectivity index (χ3n) is 4.14. The summed E-state index contributed by atoms with van der Waals surface area (Å²) >= 11 is 3.97. The molecule has 1 aromatic rings. The molecule has 168 valence electrons. The van der Waals surface area contributed by atoms with Crippen molar-refractivity contribution in [1.82, 2.24) is 25.9 Å². The molecule has 0 radical (unpaired) electrons. The summed E-state index contributed by atoms with van der Waals surface area (Å²) in [6, 6.07) is -2.93. The van der Waals surface area contributed by atoms with Crippen LogP contribution < -0.4 is 27.4 Å². The number of aromatic nitrogens is 2. The monoisotopic (exact) mass is 443 g/mol. The van der Waals surface area contributed by atoms with Crippen LogP contribution in [0.25, 0.3) is 0 Å². The number of carboxylic acids is 1. The molecule has 0 aliphatic carbocycles. The lowest BCUT2D eigenvalue weighted by Crippen LogP contribution is -2.57. The second-order valence-corrected chi connectivity index (χ2v) is 6.95. The molecule has 30 heavy (non-hydrogen) atoms. The van der Waals surface area contributed by atoms with E-state index in [1.807, 2.05) is 0 Å². The largest absolute Gasteiger partial charge is 0.480 e. The van der Waals surface area contributed by atoms with E-state index in [2.05, 4.69) is 38.5 Å². The van der Waals surface area contributed by atoms with E-state index in [1.54, 1.807) is 0 Å². The Kier molecular flexibility index (Phi) is 11.5. The van der Waals surface area contributed by atoms with Gasteiger partial charge in [-0.25, -0.2) is 4.98 Å². The first-order chi connectivity index (χ1) is 14.3. The van der Waals surface area contributed by atoms with Crippen LogP contribution in [0, 0.1) is 0 Å². The molecule has 0 fully saturated rings. The van der Waals surface area contributed by atoms with Crippen molar-refractivity contribution in [3.63, 3.8) is 0 Å². The first kappa shape index (κ1) is 25.4. The number of carbonyl (C=O) groups excluding carboxylic acids is 3. The van der Waals surface area contributed by atoms with E-state index in [-0.39, 0.29) is 18.6 Å². The van der Waals surface area contributed by atoms with Gasteiger partial charge in [-0.1, -0.05) is 0 Å². The molecule has 0 spiro atoms. The number of H-pyrrole nitrogens is 1. The number of aromatic amines is 1. The number of aliphatic carboxylic acids is 1. The number of nitrogens with two attached hydrogens (primary N) is 2. The maximum atomic E-state index is 12.9. The zero-order valence-electron chi connectivity index (χ0n) is 16.5. The summed E-state index contributed by atoms with van der Waals surface area (Å²) in [6.45, 7) is -0.162. The van der Waals surface area contributed by atoms with Gasteiger partial charge in [-0.15, -0.1) is 0 Å². The number of carbonyl (C=O) groups is 4. The molecule has 12 nitrogen and oxygen atoms in total. The van der Waals surface area contributed by atoms with Crippen molar-refractivity contribution in [3.05, 3.63) is 18.2 Å². The third-order valence-corrected chi connectivity index (χ3v) is 4.53. The van der Waals surface area contributed by atoms with Crippen LogP contribution in [0.5, 0.6) is 0 Å². The zero-order chi connectivity index (χ0) is 22.5. The molecule has 0 aliphatic rings. The standard InChI is InChI=1S/C17H29N7O5S/c18-4-2-1-3-12(16(28)21-7-14(25)26)23-17(29)13(5-10-6-20-9-22-10)24-15(27)11(19)8-30/h6,9,11-13,30H,1-5,7-8,18-19H2,(H,20,22)(H,21,28)(H,23,29)(H,24,27)(H,25,26). The Morgan fingerprint density at radius 2 is 1.83 bits per heavy atom. The van der Waals surface area contributed by atoms with Crippen molar-refractivity contribution in [3.8, 4) is 0 Å². The highest BCUT2D eigenvalue weighted by Gasteiger charge is 2.28. The molecule has 0 bridgehead atoms. The number of thiol groups is 1. The van der Waals surface area contributed by atoms with Crippen LogP contribution in [-0.2, 0) is 25.6 Å². The highest BCUT2D eigenvalue weighted by Crippen LogP contribution is 2.05. The van der Waals surface area contributed by atoms with E-state index < -0.39 is 48.4 Å². The predicted molar refractivity (Wildman–Crippen MR) is 112 cm³/mol. The maximum Gasteiger partial charge on any atom is 0.322 e. The number of nitrogens with zero attached hydrogens (tertiary/aromatic N) is 1. The van der Waals surface area contributed by atoms with Crippen LogP contribution in [0.4, 0.5) is 0 Å². The predicted octanol–water partition coefficient (Wildman–Crippen LogP) is -2.49. The Bertz CT molecular complexity index is 701. The molecule has 1 aromatic heterocycles. The van der Waals surface area contributed by atoms with Crippen LogP contribution in [0.15, 0.2) is 12.5 Å². The van der Waals surface area contributed by atoms with E-state index in [0.717, 1.165) is 0 Å². The first-order valence-electron chi connectivity index (χ1n) is 9.42. The Balaban J connectivity index is 2.90. The van der Waals surface area contributed by atoms with Gasteiger partial charge >= 0.3 is 5.97 Å². The molecular weight excluding hydrogens is 414 g/mol. The fraction of sp³-hybridized carbons (Fsp3) is 0.588. The van der Waals surface area contributed by atoms with Gasteiger partial charge in [-0.05, 0) is 25.8 Å². The van der Waals surface area contributed by atoms with E-state index in [4.69, 9.17) is 16.6 Å². The summed E-state index contributed by atoms with van der Waals surface area (Å²) in [4.78, 5) is 54.8. The first-order valence-corrected chi connectivity index (χ1v) is 10.1. The molecule has 1 rings (SSSR count). The quantitative estimate of drug-likeness (QED) is 0.114. The van der Waals surface area contributed by atoms with Crippen molar-refractivity contribution in [1.29, 1.82) is 0 Å². The number of hydrogen-bond donors (Lipinski definition) is 8. The second kappa shape index (κ2) is 13.6. The van der Waals surface area contributed by atoms with Crippen molar-refractivity contribution < 1.29 is 24.3 Å². The fourth-order valence-corrected chi connectivity index (χ4v) is 2.67. The smallest absolute Gasteiger partial charge is 0.322 e. The van der Waals surface area contributed by atoms with Gasteiger partial charge in [0.15, 0.2) is 0 Å². The molecule has 0 aliphatic heterocycles. The number of amides is 3. The number of unbranched alkanes of at least 4 members (excludes halogenated alkanes) is 1. The number of imidazole rings is 1. The topological polar surface area (TPSA) is 205 Å². The van der Waals surface area contributed by atoms with Crippen LogP contribution in [0.2, 0.25) is 0 Å². The second-order valence-electron chi connectivity index (χ2n) is 6.59. The number of rotatable bonds is 14. The van der Waals surface area contributed by atoms with Gasteiger partial charge < -0.3 is 37.5 Å². The van der Waals surface area contributed by atoms with Crippen molar-refractivity contribution in [2.75, 3.05) is 18.8 Å². The zero-order valence-corrected chi connectivity index (χ0v) is 17.4. The van der Waals surface area contributed by atoms with Crippen LogP contribution in [0.1, 0.15) is 25.0 Å². The molecular formula is C17H29N7O5S. The minimum atomic E-state index is -1.21. The molecule has 3 unspecified atom stereocenters. The van der Waals surface area contributed by atoms with Crippen molar-refractivity contribution in [2.45, 2.75) is 43.8 Å². The molecule has 0 aromatic carbocycles. The lowest BCUT2D eigenvalue weighted by atomic mass is 10.1. The number of hydrogen-bond acceptors (Lipinski definition) is 8. The Hall–Kier alpha value is -2.64. The van der Waals surface area contributed by atoms with Crippen LogP contribution >= 0.6 is 12.6 Å². The van der Waals surface area contributed by atoms with Gasteiger partial charge in [-0.3, -0.25) is 19.2 Å². The highest BCUT2D eigenvalue weighted by molar-refractivity contribution is 7.80. The fourth-order valence-electron chi connectivity index (χ4n) is 2.51. The summed E-state index contributed by atoms with van der Waals surface area (Å²) in [5, 5.41) is 16.1. The molecule has 0 saturated carbocycles. The molecule has 9 N–H and O–H groups in total. The van der Waals surface area contributed by atoms with Crippen LogP contribution in [-0.4, -0.2) is 75.7 Å². The lowest BCUT2D eigenvalue weighted by molar-refractivity contribution is -0.138. The molecule has 3 atom stereocenters. The number of nitrogens with one attached hydrogen (secondary N) is 4. The molecule has 13 heteroatoms. The Morgan fingerprint density at radius 3 is 2.40 bits per heavy atom. The Morgan fingerprint density at radius 1 is 1.13 bits per heavy atom. The maximum absolute atomic E-state index is 12.9. The van der Waals surface area contributed by atoms with Gasteiger partial charge in [0.05, 0.1) is 12.4 Å². The van der Waals surface area contributed by atoms with E-state index in [9.17, 15) is 19.2 Å². The van der Waals surface area contributed by atoms with E-state index in [0.29, 0.717) is 25.1 Å². The van der Waals surface area contributed by atoms with Crippen LogP contribution in [0.3, 0.4) is 0 Å². The van der Waals surface area contributed by atoms with Gasteiger partial charge in [-0.2, -0.15) is 12.6 Å². The van der Waals surface area contributed by atoms with Crippen molar-refractivity contribution >= 4 is 36.3 Å². The van der Waals surface area contributed by atoms with E-state index in [1.165, 1.54) is 12.5 Å². The summed E-state index contributed by atoms with van der Waals surface area (Å²) in [5.74, 6) is -2.95. The number of carboxylic acid groups (broad SMARTS) is 1. The third kappa shape index (κ3) is 9.24. The Labute approximate surface area is 179 Å². The van der Waals surface area contributed by atoms with Gasteiger partial charge in [0.2, 0.25) is 17.7 Å². The minimum Gasteiger partial charge on any atom is -0.480 e. The molecule has 3 amide bonds. The average Bonchev–Trinajstić information content (AvgIpc) is 3.23. The normalized spacial score (nSPS) is 13.7. The van der Waals surface area contributed by atoms with Gasteiger partial charge in [0, 0.05) is 24.1 Å². The SMILES string of the molecule is NCCCCC(NC(=O)C(Cc1cnc[nH]1)NC(=O)C(N)CS)C(=O)NCC(=O)O. The molecule has 1 heterocycles. The average molecular weight is 444 g/mol. The minimum absolute atomic E-state index is 0.0864. The summed E-state index contributed by atoms with van der Waals surface area (Å²) in [5.41, 5.74) is 11.7. The summed E-state index contributed by atoms with van der Waals surface area (Å²) in [7, 11) is 0. The van der Waals surface area contributed by atoms with Crippen molar-refractivity contribution in [2.24, 2.45) is 11.5 Å². The van der Waals surface area contributed by atoms with E-state index >= 15 is 0 Å². The van der Waals surface area contributed by atoms with Gasteiger partial charge in [0.25, 0.3) is 0 Å². The highest BCUT2D eigenvalue weighted by atomic mass is 32.1. The lowest BCUT2D eigenvalue weighted by Gasteiger charge is -2.23. The summed E-state index contributed by atoms with van der Waals surface area (Å²) in [6.07, 6.45) is 4.45. The van der Waals surface area contributed by atoms with Gasteiger partial charge in [0.1, 0.15) is 18.6 Å².